The van der Waals surface area contributed by atoms with Gasteiger partial charge in [-0.05, 0) is 18.2 Å². The van der Waals surface area contributed by atoms with Gasteiger partial charge >= 0.3 is 0 Å². The van der Waals surface area contributed by atoms with Gasteiger partial charge in [0.2, 0.25) is 0 Å². The number of aromatic nitrogens is 2. The van der Waals surface area contributed by atoms with Crippen LogP contribution >= 0.6 is 0 Å². The van der Waals surface area contributed by atoms with Crippen molar-refractivity contribution in [1.29, 1.82) is 0 Å². The third-order valence-electron chi connectivity index (χ3n) is 4.14. The lowest BCUT2D eigenvalue weighted by atomic mass is 10.2. The number of aliphatic hydroxyl groups excluding tert-OH is 1. The Balaban J connectivity index is 1.55. The zero-order valence-corrected chi connectivity index (χ0v) is 13.5. The molecule has 0 saturated carbocycles. The molecule has 0 aliphatic carbocycles. The van der Waals surface area contributed by atoms with Gasteiger partial charge in [-0.15, -0.1) is 0 Å². The molecule has 1 amide bonds. The summed E-state index contributed by atoms with van der Waals surface area (Å²) in [6.07, 6.45) is 0.863. The molecule has 2 aromatic rings. The molecule has 1 aliphatic heterocycles. The first-order valence-corrected chi connectivity index (χ1v) is 7.82. The molecular weight excluding hydrogens is 312 g/mol. The van der Waals surface area contributed by atoms with E-state index in [1.54, 1.807) is 17.0 Å². The molecule has 2 aromatic heterocycles. The summed E-state index contributed by atoms with van der Waals surface area (Å²) >= 11 is 0. The van der Waals surface area contributed by atoms with Crippen LogP contribution in [0.2, 0.25) is 0 Å². The summed E-state index contributed by atoms with van der Waals surface area (Å²) in [4.78, 5) is 27.6. The standard InChI is InChI=1S/C16H20N4O4/c1-18-15(22)5-4-12(17-18)16(23)20-8-6-19(7-9-20)11-13(21)14-3-2-10-24-14/h2-5,10,13,21H,6-9,11H2,1H3/t13-/m0/s1. The van der Waals surface area contributed by atoms with E-state index in [0.717, 1.165) is 4.68 Å². The number of nitrogens with zero attached hydrogens (tertiary/aromatic N) is 4. The summed E-state index contributed by atoms with van der Waals surface area (Å²) < 4.78 is 6.35. The molecule has 24 heavy (non-hydrogen) atoms. The average Bonchev–Trinajstić information content (AvgIpc) is 3.12. The molecular formula is C16H20N4O4. The number of aryl methyl sites for hydroxylation is 1. The molecule has 8 nitrogen and oxygen atoms in total. The van der Waals surface area contributed by atoms with E-state index in [9.17, 15) is 14.7 Å². The fourth-order valence-corrected chi connectivity index (χ4v) is 2.73. The van der Waals surface area contributed by atoms with Crippen molar-refractivity contribution >= 4 is 5.91 Å². The van der Waals surface area contributed by atoms with E-state index in [2.05, 4.69) is 10.00 Å². The highest BCUT2D eigenvalue weighted by Gasteiger charge is 2.25. The van der Waals surface area contributed by atoms with Crippen molar-refractivity contribution in [3.05, 3.63) is 52.3 Å². The van der Waals surface area contributed by atoms with E-state index in [-0.39, 0.29) is 17.2 Å². The third-order valence-corrected chi connectivity index (χ3v) is 4.14. The van der Waals surface area contributed by atoms with Gasteiger partial charge in [-0.1, -0.05) is 0 Å². The molecule has 0 unspecified atom stereocenters. The van der Waals surface area contributed by atoms with Crippen LogP contribution in [0.1, 0.15) is 22.4 Å². The van der Waals surface area contributed by atoms with Crippen molar-refractivity contribution in [2.75, 3.05) is 32.7 Å². The van der Waals surface area contributed by atoms with Crippen LogP contribution in [0.5, 0.6) is 0 Å². The summed E-state index contributed by atoms with van der Waals surface area (Å²) in [5.41, 5.74) is 0.0180. The van der Waals surface area contributed by atoms with Gasteiger partial charge in [-0.25, -0.2) is 4.68 Å². The summed E-state index contributed by atoms with van der Waals surface area (Å²) in [5, 5.41) is 14.1. The number of β-amino-alcohol motifs (C(OH)–C–C–N with tert-alkyl or cyclic N) is 1. The molecule has 1 saturated heterocycles. The lowest BCUT2D eigenvalue weighted by Crippen LogP contribution is -2.49. The number of aliphatic hydroxyl groups is 1. The molecule has 128 valence electrons. The molecule has 1 atom stereocenters. The number of amides is 1. The van der Waals surface area contributed by atoms with Gasteiger partial charge in [0.25, 0.3) is 11.5 Å². The van der Waals surface area contributed by atoms with Gasteiger partial charge in [0.05, 0.1) is 6.26 Å². The molecule has 0 radical (unpaired) electrons. The molecule has 1 fully saturated rings. The zero-order valence-electron chi connectivity index (χ0n) is 13.5. The van der Waals surface area contributed by atoms with Gasteiger partial charge < -0.3 is 14.4 Å². The smallest absolute Gasteiger partial charge is 0.274 e. The molecule has 0 spiro atoms. The Morgan fingerprint density at radius 3 is 2.67 bits per heavy atom. The van der Waals surface area contributed by atoms with E-state index >= 15 is 0 Å². The molecule has 1 N–H and O–H groups in total. The Morgan fingerprint density at radius 2 is 2.04 bits per heavy atom. The van der Waals surface area contributed by atoms with Crippen molar-refractivity contribution in [2.24, 2.45) is 7.05 Å². The van der Waals surface area contributed by atoms with E-state index in [4.69, 9.17) is 4.42 Å². The minimum atomic E-state index is -0.674. The Bertz CT molecular complexity index is 748. The number of carbonyl (C=O) groups is 1. The fourth-order valence-electron chi connectivity index (χ4n) is 2.73. The van der Waals surface area contributed by atoms with Gasteiger partial charge in [-0.2, -0.15) is 5.10 Å². The summed E-state index contributed by atoms with van der Waals surface area (Å²) in [7, 11) is 1.52. The van der Waals surface area contributed by atoms with Crippen molar-refractivity contribution in [3.63, 3.8) is 0 Å². The van der Waals surface area contributed by atoms with E-state index in [1.807, 2.05) is 0 Å². The molecule has 1 aliphatic rings. The highest BCUT2D eigenvalue weighted by molar-refractivity contribution is 5.92. The van der Waals surface area contributed by atoms with E-state index in [0.29, 0.717) is 38.5 Å². The maximum absolute atomic E-state index is 12.4. The largest absolute Gasteiger partial charge is 0.467 e. The second kappa shape index (κ2) is 6.98. The number of rotatable bonds is 4. The average molecular weight is 332 g/mol. The molecule has 0 bridgehead atoms. The van der Waals surface area contributed by atoms with Crippen molar-refractivity contribution in [3.8, 4) is 0 Å². The minimum Gasteiger partial charge on any atom is -0.467 e. The molecule has 3 heterocycles. The topological polar surface area (TPSA) is 91.8 Å². The third kappa shape index (κ3) is 3.55. The predicted molar refractivity (Wildman–Crippen MR) is 85.5 cm³/mol. The second-order valence-electron chi connectivity index (χ2n) is 5.80. The first-order chi connectivity index (χ1) is 11.5. The Kier molecular flexibility index (Phi) is 4.77. The van der Waals surface area contributed by atoms with Crippen LogP contribution in [0.25, 0.3) is 0 Å². The highest BCUT2D eigenvalue weighted by Crippen LogP contribution is 2.16. The van der Waals surface area contributed by atoms with Crippen LogP contribution in [0.4, 0.5) is 0 Å². The molecule has 3 rings (SSSR count). The first kappa shape index (κ1) is 16.4. The second-order valence-corrected chi connectivity index (χ2v) is 5.80. The number of hydrogen-bond donors (Lipinski definition) is 1. The maximum Gasteiger partial charge on any atom is 0.274 e. The van der Waals surface area contributed by atoms with Gasteiger partial charge in [0, 0.05) is 45.8 Å². The lowest BCUT2D eigenvalue weighted by Gasteiger charge is -2.35. The van der Waals surface area contributed by atoms with Crippen molar-refractivity contribution in [1.82, 2.24) is 19.6 Å². The Labute approximate surface area is 138 Å². The van der Waals surface area contributed by atoms with E-state index in [1.165, 1.54) is 25.4 Å². The van der Waals surface area contributed by atoms with Crippen LogP contribution < -0.4 is 5.56 Å². The van der Waals surface area contributed by atoms with Gasteiger partial charge in [0.15, 0.2) is 0 Å². The summed E-state index contributed by atoms with van der Waals surface area (Å²) in [6.45, 7) is 2.89. The Hall–Kier alpha value is -2.45. The van der Waals surface area contributed by atoms with Gasteiger partial charge in [-0.3, -0.25) is 14.5 Å². The van der Waals surface area contributed by atoms with Gasteiger partial charge in [0.1, 0.15) is 17.6 Å². The predicted octanol–water partition coefficient (Wildman–Crippen LogP) is -0.135. The van der Waals surface area contributed by atoms with Crippen LogP contribution in [-0.2, 0) is 7.05 Å². The fraction of sp³-hybridized carbons (Fsp3) is 0.438. The first-order valence-electron chi connectivity index (χ1n) is 7.82. The summed E-state index contributed by atoms with van der Waals surface area (Å²) in [5.74, 6) is 0.361. The quantitative estimate of drug-likeness (QED) is 0.838. The highest BCUT2D eigenvalue weighted by atomic mass is 16.4. The summed E-state index contributed by atoms with van der Waals surface area (Å²) in [6, 6.07) is 6.29. The van der Waals surface area contributed by atoms with Crippen molar-refractivity contribution < 1.29 is 14.3 Å². The molecule has 8 heteroatoms. The van der Waals surface area contributed by atoms with Crippen LogP contribution in [0, 0.1) is 0 Å². The van der Waals surface area contributed by atoms with E-state index < -0.39 is 6.10 Å². The SMILES string of the molecule is Cn1nc(C(=O)N2CCN(C[C@H](O)c3ccco3)CC2)ccc1=O. The number of piperazine rings is 1. The normalized spacial score (nSPS) is 17.0. The van der Waals surface area contributed by atoms with Crippen LogP contribution in [0.15, 0.2) is 39.7 Å². The minimum absolute atomic E-state index is 0.183. The van der Waals surface area contributed by atoms with Crippen LogP contribution in [-0.4, -0.2) is 63.3 Å². The maximum atomic E-state index is 12.4. The van der Waals surface area contributed by atoms with Crippen LogP contribution in [0.3, 0.4) is 0 Å². The monoisotopic (exact) mass is 332 g/mol. The lowest BCUT2D eigenvalue weighted by molar-refractivity contribution is 0.0480. The van der Waals surface area contributed by atoms with Crippen molar-refractivity contribution in [2.45, 2.75) is 6.10 Å². The Morgan fingerprint density at radius 1 is 1.29 bits per heavy atom. The zero-order chi connectivity index (χ0) is 17.1. The number of carbonyl (C=O) groups excluding carboxylic acids is 1. The molecule has 0 aromatic carbocycles. The number of furan rings is 1. The number of hydrogen-bond acceptors (Lipinski definition) is 6.